The first-order valence-corrected chi connectivity index (χ1v) is 6.30. The smallest absolute Gasteiger partial charge is 0.0636 e. The van der Waals surface area contributed by atoms with Gasteiger partial charge < -0.3 is 16.0 Å². The molecule has 1 aliphatic heterocycles. The molecule has 0 bridgehead atoms. The predicted molar refractivity (Wildman–Crippen MR) is 73.3 cm³/mol. The SMILES string of the molecule is Cc1ccc(NC2(CN)CC(C)N(C)C2)cc1. The van der Waals surface area contributed by atoms with E-state index in [1.54, 1.807) is 0 Å². The summed E-state index contributed by atoms with van der Waals surface area (Å²) in [6.07, 6.45) is 1.11. The standard InChI is InChI=1S/C14H23N3/c1-11-4-6-13(7-5-11)16-14(9-15)8-12(2)17(3)10-14/h4-7,12,16H,8-10,15H2,1-3H3. The van der Waals surface area contributed by atoms with Crippen molar-refractivity contribution in [2.75, 3.05) is 25.5 Å². The van der Waals surface area contributed by atoms with Gasteiger partial charge in [-0.2, -0.15) is 0 Å². The van der Waals surface area contributed by atoms with E-state index in [4.69, 9.17) is 5.73 Å². The second kappa shape index (κ2) is 4.67. The van der Waals surface area contributed by atoms with Crippen LogP contribution in [0, 0.1) is 6.92 Å². The third kappa shape index (κ3) is 2.61. The van der Waals surface area contributed by atoms with Gasteiger partial charge in [0.25, 0.3) is 0 Å². The van der Waals surface area contributed by atoms with Gasteiger partial charge in [-0.3, -0.25) is 0 Å². The fraction of sp³-hybridized carbons (Fsp3) is 0.571. The second-order valence-corrected chi connectivity index (χ2v) is 5.44. The molecule has 3 nitrogen and oxygen atoms in total. The quantitative estimate of drug-likeness (QED) is 0.837. The first-order chi connectivity index (χ1) is 8.04. The van der Waals surface area contributed by atoms with Crippen LogP contribution in [-0.2, 0) is 0 Å². The van der Waals surface area contributed by atoms with Crippen molar-refractivity contribution in [3.05, 3.63) is 29.8 Å². The van der Waals surface area contributed by atoms with Crippen LogP contribution in [0.2, 0.25) is 0 Å². The van der Waals surface area contributed by atoms with Crippen molar-refractivity contribution in [1.82, 2.24) is 4.90 Å². The molecule has 1 aromatic carbocycles. The summed E-state index contributed by atoms with van der Waals surface area (Å²) in [5.41, 5.74) is 8.47. The van der Waals surface area contributed by atoms with Gasteiger partial charge in [0.05, 0.1) is 5.54 Å². The third-order valence-corrected chi connectivity index (χ3v) is 3.84. The topological polar surface area (TPSA) is 41.3 Å². The van der Waals surface area contributed by atoms with Crippen LogP contribution in [0.5, 0.6) is 0 Å². The summed E-state index contributed by atoms with van der Waals surface area (Å²) in [7, 11) is 2.17. The molecular weight excluding hydrogens is 210 g/mol. The number of nitrogens with one attached hydrogen (secondary N) is 1. The highest BCUT2D eigenvalue weighted by Gasteiger charge is 2.39. The van der Waals surface area contributed by atoms with Gasteiger partial charge in [0.1, 0.15) is 0 Å². The minimum absolute atomic E-state index is 0.0312. The highest BCUT2D eigenvalue weighted by Crippen LogP contribution is 2.28. The molecule has 0 aromatic heterocycles. The van der Waals surface area contributed by atoms with Gasteiger partial charge in [-0.1, -0.05) is 17.7 Å². The van der Waals surface area contributed by atoms with Crippen molar-refractivity contribution in [2.45, 2.75) is 31.8 Å². The minimum atomic E-state index is 0.0312. The van der Waals surface area contributed by atoms with Crippen molar-refractivity contribution >= 4 is 5.69 Å². The van der Waals surface area contributed by atoms with Crippen molar-refractivity contribution in [2.24, 2.45) is 5.73 Å². The Kier molecular flexibility index (Phi) is 3.40. The molecule has 2 unspecified atom stereocenters. The Hall–Kier alpha value is -1.06. The number of hydrogen-bond donors (Lipinski definition) is 2. The largest absolute Gasteiger partial charge is 0.377 e. The van der Waals surface area contributed by atoms with Crippen molar-refractivity contribution in [3.63, 3.8) is 0 Å². The van der Waals surface area contributed by atoms with Crippen LogP contribution in [0.3, 0.4) is 0 Å². The lowest BCUT2D eigenvalue weighted by molar-refractivity contribution is 0.323. The molecule has 17 heavy (non-hydrogen) atoms. The molecule has 2 rings (SSSR count). The molecule has 0 amide bonds. The maximum absolute atomic E-state index is 5.98. The van der Waals surface area contributed by atoms with Gasteiger partial charge in [0.15, 0.2) is 0 Å². The van der Waals surface area contributed by atoms with Crippen LogP contribution < -0.4 is 11.1 Å². The number of aryl methyl sites for hydroxylation is 1. The number of likely N-dealkylation sites (N-methyl/N-ethyl adjacent to an activating group) is 1. The minimum Gasteiger partial charge on any atom is -0.377 e. The lowest BCUT2D eigenvalue weighted by atomic mass is 9.96. The average molecular weight is 233 g/mol. The Morgan fingerprint density at radius 1 is 1.41 bits per heavy atom. The van der Waals surface area contributed by atoms with Crippen LogP contribution in [-0.4, -0.2) is 36.6 Å². The first-order valence-electron chi connectivity index (χ1n) is 6.30. The number of hydrogen-bond acceptors (Lipinski definition) is 3. The van der Waals surface area contributed by atoms with E-state index in [0.29, 0.717) is 12.6 Å². The maximum atomic E-state index is 5.98. The van der Waals surface area contributed by atoms with E-state index in [2.05, 4.69) is 55.4 Å². The lowest BCUT2D eigenvalue weighted by Crippen LogP contribution is -2.47. The zero-order chi connectivity index (χ0) is 12.5. The molecule has 0 radical (unpaired) electrons. The zero-order valence-corrected chi connectivity index (χ0v) is 11.0. The summed E-state index contributed by atoms with van der Waals surface area (Å²) in [6.45, 7) is 6.05. The summed E-state index contributed by atoms with van der Waals surface area (Å²) in [5, 5.41) is 3.63. The van der Waals surface area contributed by atoms with E-state index in [9.17, 15) is 0 Å². The van der Waals surface area contributed by atoms with E-state index < -0.39 is 0 Å². The Balaban J connectivity index is 2.13. The molecule has 1 saturated heterocycles. The fourth-order valence-electron chi connectivity index (χ4n) is 2.65. The maximum Gasteiger partial charge on any atom is 0.0636 e. The molecule has 0 saturated carbocycles. The van der Waals surface area contributed by atoms with E-state index in [0.717, 1.165) is 13.0 Å². The summed E-state index contributed by atoms with van der Waals surface area (Å²) in [6, 6.07) is 9.13. The predicted octanol–water partition coefficient (Wildman–Crippen LogP) is 1.83. The van der Waals surface area contributed by atoms with Crippen molar-refractivity contribution in [3.8, 4) is 0 Å². The fourth-order valence-corrected chi connectivity index (χ4v) is 2.65. The van der Waals surface area contributed by atoms with E-state index in [-0.39, 0.29) is 5.54 Å². The summed E-state index contributed by atoms with van der Waals surface area (Å²) >= 11 is 0. The van der Waals surface area contributed by atoms with E-state index in [1.165, 1.54) is 11.3 Å². The number of nitrogens with zero attached hydrogens (tertiary/aromatic N) is 1. The van der Waals surface area contributed by atoms with Gasteiger partial charge in [-0.15, -0.1) is 0 Å². The molecule has 1 fully saturated rings. The van der Waals surface area contributed by atoms with Crippen LogP contribution in [0.15, 0.2) is 24.3 Å². The Morgan fingerprint density at radius 2 is 2.06 bits per heavy atom. The van der Waals surface area contributed by atoms with Crippen LogP contribution >= 0.6 is 0 Å². The van der Waals surface area contributed by atoms with Crippen LogP contribution in [0.25, 0.3) is 0 Å². The molecule has 1 heterocycles. The Bertz CT molecular complexity index is 362. The molecule has 0 aliphatic carbocycles. The molecule has 2 atom stereocenters. The average Bonchev–Trinajstić information content (AvgIpc) is 2.59. The number of rotatable bonds is 3. The number of nitrogens with two attached hydrogens (primary N) is 1. The molecule has 1 aromatic rings. The Morgan fingerprint density at radius 3 is 2.53 bits per heavy atom. The molecule has 0 spiro atoms. The molecular formula is C14H23N3. The van der Waals surface area contributed by atoms with Gasteiger partial charge in [0.2, 0.25) is 0 Å². The normalized spacial score (nSPS) is 29.5. The zero-order valence-electron chi connectivity index (χ0n) is 11.0. The summed E-state index contributed by atoms with van der Waals surface area (Å²) < 4.78 is 0. The van der Waals surface area contributed by atoms with Crippen molar-refractivity contribution in [1.29, 1.82) is 0 Å². The summed E-state index contributed by atoms with van der Waals surface area (Å²) in [5.74, 6) is 0. The van der Waals surface area contributed by atoms with E-state index in [1.807, 2.05) is 0 Å². The van der Waals surface area contributed by atoms with Gasteiger partial charge in [0, 0.05) is 24.8 Å². The monoisotopic (exact) mass is 233 g/mol. The van der Waals surface area contributed by atoms with Gasteiger partial charge in [-0.25, -0.2) is 0 Å². The highest BCUT2D eigenvalue weighted by atomic mass is 15.2. The van der Waals surface area contributed by atoms with Crippen LogP contribution in [0.4, 0.5) is 5.69 Å². The number of anilines is 1. The summed E-state index contributed by atoms with van der Waals surface area (Å²) in [4.78, 5) is 2.37. The number of likely N-dealkylation sites (tertiary alicyclic amines) is 1. The molecule has 1 aliphatic rings. The Labute approximate surface area is 104 Å². The van der Waals surface area contributed by atoms with Crippen molar-refractivity contribution < 1.29 is 0 Å². The molecule has 94 valence electrons. The highest BCUT2D eigenvalue weighted by molar-refractivity contribution is 5.47. The molecule has 3 N–H and O–H groups in total. The van der Waals surface area contributed by atoms with Gasteiger partial charge in [-0.05, 0) is 39.4 Å². The lowest BCUT2D eigenvalue weighted by Gasteiger charge is -2.30. The third-order valence-electron chi connectivity index (χ3n) is 3.84. The van der Waals surface area contributed by atoms with Gasteiger partial charge >= 0.3 is 0 Å². The number of benzene rings is 1. The van der Waals surface area contributed by atoms with E-state index >= 15 is 0 Å². The first kappa shape index (κ1) is 12.4. The molecule has 3 heteroatoms. The van der Waals surface area contributed by atoms with Crippen LogP contribution in [0.1, 0.15) is 18.9 Å². The second-order valence-electron chi connectivity index (χ2n) is 5.44.